The van der Waals surface area contributed by atoms with E-state index < -0.39 is 6.10 Å². The molecule has 1 N–H and O–H groups in total. The minimum absolute atomic E-state index is 0.613. The van der Waals surface area contributed by atoms with Crippen LogP contribution in [0.1, 0.15) is 16.5 Å². The quantitative estimate of drug-likeness (QED) is 0.879. The fourth-order valence-corrected chi connectivity index (χ4v) is 3.13. The zero-order valence-electron chi connectivity index (χ0n) is 7.65. The van der Waals surface area contributed by atoms with Crippen LogP contribution in [0.15, 0.2) is 40.2 Å². The molecule has 0 fully saturated rings. The molecule has 0 bridgehead atoms. The van der Waals surface area contributed by atoms with Gasteiger partial charge in [-0.15, -0.1) is 11.3 Å². The van der Waals surface area contributed by atoms with Crippen molar-refractivity contribution in [3.05, 3.63) is 55.6 Å². The van der Waals surface area contributed by atoms with Crippen LogP contribution in [0.25, 0.3) is 0 Å². The van der Waals surface area contributed by atoms with Crippen LogP contribution in [0.3, 0.4) is 0 Å². The summed E-state index contributed by atoms with van der Waals surface area (Å²) in [5, 5.41) is 12.7. The molecule has 2 aromatic rings. The van der Waals surface area contributed by atoms with Gasteiger partial charge in [-0.1, -0.05) is 23.7 Å². The molecule has 0 radical (unpaired) electrons. The predicted octanol–water partition coefficient (Wildman–Crippen LogP) is 4.25. The van der Waals surface area contributed by atoms with Gasteiger partial charge in [0.05, 0.1) is 4.88 Å². The van der Waals surface area contributed by atoms with Crippen LogP contribution in [0.2, 0.25) is 5.02 Å². The third-order valence-corrected chi connectivity index (χ3v) is 4.22. The number of hydrogen-bond donors (Lipinski definition) is 1. The highest BCUT2D eigenvalue weighted by molar-refractivity contribution is 9.10. The predicted molar refractivity (Wildman–Crippen MR) is 67.5 cm³/mol. The molecule has 4 heteroatoms. The first-order chi connectivity index (χ1) is 7.18. The van der Waals surface area contributed by atoms with Crippen molar-refractivity contribution in [1.29, 1.82) is 0 Å². The topological polar surface area (TPSA) is 20.2 Å². The van der Waals surface area contributed by atoms with E-state index in [-0.39, 0.29) is 0 Å². The molecule has 0 amide bonds. The molecule has 1 heterocycles. The number of aliphatic hydroxyl groups excluding tert-OH is 1. The first kappa shape index (κ1) is 11.1. The highest BCUT2D eigenvalue weighted by atomic mass is 79.9. The Balaban J connectivity index is 2.36. The van der Waals surface area contributed by atoms with E-state index in [1.54, 1.807) is 12.1 Å². The van der Waals surface area contributed by atoms with Crippen molar-refractivity contribution in [2.24, 2.45) is 0 Å². The van der Waals surface area contributed by atoms with Crippen molar-refractivity contribution < 1.29 is 5.11 Å². The van der Waals surface area contributed by atoms with Gasteiger partial charge in [0.2, 0.25) is 0 Å². The molecule has 15 heavy (non-hydrogen) atoms. The van der Waals surface area contributed by atoms with E-state index in [9.17, 15) is 5.11 Å². The summed E-state index contributed by atoms with van der Waals surface area (Å²) >= 11 is 10.8. The average Bonchev–Trinajstić information content (AvgIpc) is 2.63. The third-order valence-electron chi connectivity index (χ3n) is 2.06. The fourth-order valence-electron chi connectivity index (χ4n) is 1.33. The smallest absolute Gasteiger partial charge is 0.114 e. The number of rotatable bonds is 2. The van der Waals surface area contributed by atoms with Crippen LogP contribution < -0.4 is 0 Å². The summed E-state index contributed by atoms with van der Waals surface area (Å²) in [6, 6.07) is 9.19. The Kier molecular flexibility index (Phi) is 3.46. The summed E-state index contributed by atoms with van der Waals surface area (Å²) < 4.78 is 0.931. The van der Waals surface area contributed by atoms with E-state index in [1.165, 1.54) is 11.3 Å². The second kappa shape index (κ2) is 4.66. The van der Waals surface area contributed by atoms with Gasteiger partial charge < -0.3 is 5.11 Å². The maximum absolute atomic E-state index is 10.1. The Morgan fingerprint density at radius 1 is 1.33 bits per heavy atom. The van der Waals surface area contributed by atoms with Crippen LogP contribution in [0.4, 0.5) is 0 Å². The Bertz CT molecular complexity index is 469. The zero-order chi connectivity index (χ0) is 10.8. The van der Waals surface area contributed by atoms with Crippen LogP contribution in [-0.2, 0) is 0 Å². The van der Waals surface area contributed by atoms with Gasteiger partial charge in [-0.2, -0.15) is 0 Å². The van der Waals surface area contributed by atoms with Gasteiger partial charge in [0.25, 0.3) is 0 Å². The van der Waals surface area contributed by atoms with E-state index in [0.29, 0.717) is 5.02 Å². The molecule has 0 saturated carbocycles. The van der Waals surface area contributed by atoms with E-state index in [4.69, 9.17) is 11.6 Å². The summed E-state index contributed by atoms with van der Waals surface area (Å²) in [6.07, 6.45) is -0.613. The van der Waals surface area contributed by atoms with Gasteiger partial charge in [0, 0.05) is 9.50 Å². The first-order valence-electron chi connectivity index (χ1n) is 4.35. The van der Waals surface area contributed by atoms with Gasteiger partial charge in [0.1, 0.15) is 6.10 Å². The maximum Gasteiger partial charge on any atom is 0.114 e. The minimum Gasteiger partial charge on any atom is -0.383 e. The lowest BCUT2D eigenvalue weighted by atomic mass is 10.1. The largest absolute Gasteiger partial charge is 0.383 e. The number of hydrogen-bond acceptors (Lipinski definition) is 2. The zero-order valence-corrected chi connectivity index (χ0v) is 10.8. The fraction of sp³-hybridized carbons (Fsp3) is 0.0909. The average molecular weight is 304 g/mol. The Hall–Kier alpha value is -0.350. The van der Waals surface area contributed by atoms with Crippen molar-refractivity contribution in [1.82, 2.24) is 0 Å². The molecule has 78 valence electrons. The Morgan fingerprint density at radius 2 is 2.13 bits per heavy atom. The molecule has 1 atom stereocenters. The van der Waals surface area contributed by atoms with Crippen molar-refractivity contribution in [3.8, 4) is 0 Å². The lowest BCUT2D eigenvalue weighted by Gasteiger charge is -2.09. The molecule has 1 nitrogen and oxygen atoms in total. The molecule has 2 rings (SSSR count). The van der Waals surface area contributed by atoms with E-state index in [0.717, 1.165) is 14.9 Å². The molecule has 1 aromatic heterocycles. The van der Waals surface area contributed by atoms with E-state index >= 15 is 0 Å². The van der Waals surface area contributed by atoms with Gasteiger partial charge in [-0.25, -0.2) is 0 Å². The summed E-state index contributed by atoms with van der Waals surface area (Å²) in [5.74, 6) is 0. The van der Waals surface area contributed by atoms with Crippen LogP contribution in [0, 0.1) is 0 Å². The van der Waals surface area contributed by atoms with Crippen LogP contribution in [-0.4, -0.2) is 5.11 Å². The van der Waals surface area contributed by atoms with Crippen molar-refractivity contribution >= 4 is 38.9 Å². The lowest BCUT2D eigenvalue weighted by Crippen LogP contribution is -1.97. The number of aliphatic hydroxyl groups is 1. The molecular weight excluding hydrogens is 296 g/mol. The molecule has 1 aromatic carbocycles. The molecule has 0 spiro atoms. The van der Waals surface area contributed by atoms with Crippen molar-refractivity contribution in [2.45, 2.75) is 6.10 Å². The third kappa shape index (κ3) is 2.42. The molecule has 0 aliphatic heterocycles. The monoisotopic (exact) mass is 302 g/mol. The molecular formula is C11H8BrClOS. The maximum atomic E-state index is 10.1. The van der Waals surface area contributed by atoms with Gasteiger partial charge in [0.15, 0.2) is 0 Å². The van der Waals surface area contributed by atoms with Crippen molar-refractivity contribution in [2.75, 3.05) is 0 Å². The summed E-state index contributed by atoms with van der Waals surface area (Å²) in [4.78, 5) is 0.900. The molecule has 0 aliphatic rings. The highest BCUT2D eigenvalue weighted by Crippen LogP contribution is 2.33. The van der Waals surface area contributed by atoms with Crippen LogP contribution >= 0.6 is 38.9 Å². The van der Waals surface area contributed by atoms with Gasteiger partial charge in [-0.3, -0.25) is 0 Å². The first-order valence-corrected chi connectivity index (χ1v) is 6.40. The number of halogens is 2. The SMILES string of the molecule is OC(c1cccc(Cl)c1)c1sccc1Br. The summed E-state index contributed by atoms with van der Waals surface area (Å²) in [7, 11) is 0. The van der Waals surface area contributed by atoms with Gasteiger partial charge >= 0.3 is 0 Å². The summed E-state index contributed by atoms with van der Waals surface area (Å²) in [5.41, 5.74) is 0.811. The highest BCUT2D eigenvalue weighted by Gasteiger charge is 2.14. The Morgan fingerprint density at radius 3 is 2.73 bits per heavy atom. The number of benzene rings is 1. The van der Waals surface area contributed by atoms with Gasteiger partial charge in [-0.05, 0) is 45.1 Å². The minimum atomic E-state index is -0.613. The standard InChI is InChI=1S/C11H8BrClOS/c12-9-4-5-15-11(9)10(14)7-2-1-3-8(13)6-7/h1-6,10,14H. The molecule has 0 aliphatic carbocycles. The summed E-state index contributed by atoms with van der Waals surface area (Å²) in [6.45, 7) is 0. The molecule has 1 unspecified atom stereocenters. The second-order valence-corrected chi connectivity index (χ2v) is 5.33. The van der Waals surface area contributed by atoms with E-state index in [1.807, 2.05) is 23.6 Å². The second-order valence-electron chi connectivity index (χ2n) is 3.09. The molecule has 0 saturated heterocycles. The number of thiophene rings is 1. The lowest BCUT2D eigenvalue weighted by molar-refractivity contribution is 0.223. The Labute approximate surface area is 105 Å². The van der Waals surface area contributed by atoms with E-state index in [2.05, 4.69) is 15.9 Å². The van der Waals surface area contributed by atoms with Crippen molar-refractivity contribution in [3.63, 3.8) is 0 Å². The normalized spacial score (nSPS) is 12.7. The van der Waals surface area contributed by atoms with Crippen LogP contribution in [0.5, 0.6) is 0 Å².